The minimum absolute atomic E-state index is 0.0969. The lowest BCUT2D eigenvalue weighted by molar-refractivity contribution is -0.266. The molecule has 0 aromatic rings. The maximum absolute atomic E-state index is 12.7. The molecule has 44 heavy (non-hydrogen) atoms. The number of amides is 1. The summed E-state index contributed by atoms with van der Waals surface area (Å²) in [5, 5.41) is 2.99. The van der Waals surface area contributed by atoms with Gasteiger partial charge in [0.05, 0.1) is 18.8 Å². The monoisotopic (exact) mass is 655 g/mol. The van der Waals surface area contributed by atoms with Crippen LogP contribution in [0.2, 0.25) is 0 Å². The van der Waals surface area contributed by atoms with Crippen molar-refractivity contribution in [2.24, 2.45) is 5.92 Å². The summed E-state index contributed by atoms with van der Waals surface area (Å²) in [6.45, 7) is 8.05. The highest BCUT2D eigenvalue weighted by Gasteiger charge is 2.47. The van der Waals surface area contributed by atoms with E-state index in [-0.39, 0.29) is 43.9 Å². The van der Waals surface area contributed by atoms with E-state index in [0.29, 0.717) is 25.9 Å². The lowest BCUT2D eigenvalue weighted by Crippen LogP contribution is -2.54. The fourth-order valence-corrected chi connectivity index (χ4v) is 5.67. The highest BCUT2D eigenvalue weighted by atomic mass is 31.2. The van der Waals surface area contributed by atoms with Crippen molar-refractivity contribution in [2.75, 3.05) is 41.2 Å². The number of hydrogen-bond acceptors (Lipinski definition) is 14. The van der Waals surface area contributed by atoms with Gasteiger partial charge in [0.15, 0.2) is 12.4 Å². The second-order valence-corrected chi connectivity index (χ2v) is 11.1. The van der Waals surface area contributed by atoms with Crippen LogP contribution in [-0.4, -0.2) is 113 Å². The van der Waals surface area contributed by atoms with Crippen LogP contribution in [0, 0.1) is 5.92 Å². The third-order valence-corrected chi connectivity index (χ3v) is 7.50. The average molecular weight is 656 g/mol. The van der Waals surface area contributed by atoms with Crippen LogP contribution in [0.5, 0.6) is 0 Å². The molecule has 0 spiro atoms. The summed E-state index contributed by atoms with van der Waals surface area (Å²) in [6.07, 6.45) is -2.68. The number of nitrogens with one attached hydrogen (secondary N) is 1. The zero-order valence-electron chi connectivity index (χ0n) is 27.0. The Balaban J connectivity index is 0.00000474. The van der Waals surface area contributed by atoms with E-state index in [1.165, 1.54) is 35.0 Å². The number of esters is 3. The molecular formula is C28H50NO14P. The molecule has 1 saturated carbocycles. The van der Waals surface area contributed by atoms with Crippen molar-refractivity contribution in [1.82, 2.24) is 5.32 Å². The van der Waals surface area contributed by atoms with Crippen molar-refractivity contribution >= 4 is 32.4 Å². The van der Waals surface area contributed by atoms with Crippen LogP contribution in [0.1, 0.15) is 66.7 Å². The van der Waals surface area contributed by atoms with Gasteiger partial charge in [-0.2, -0.15) is 0 Å². The summed E-state index contributed by atoms with van der Waals surface area (Å²) in [4.78, 5) is 57.2. The third-order valence-electron chi connectivity index (χ3n) is 6.77. The van der Waals surface area contributed by atoms with Crippen molar-refractivity contribution in [1.29, 1.82) is 0 Å². The average Bonchev–Trinajstić information content (AvgIpc) is 3.28. The van der Waals surface area contributed by atoms with Crippen LogP contribution in [0.15, 0.2) is 0 Å². The minimum Gasteiger partial charge on any atom is -0.463 e. The van der Waals surface area contributed by atoms with Crippen LogP contribution >= 0.6 is 8.60 Å². The zero-order chi connectivity index (χ0) is 33.2. The van der Waals surface area contributed by atoms with Gasteiger partial charge in [-0.25, -0.2) is 0 Å². The van der Waals surface area contributed by atoms with Gasteiger partial charge in [0.2, 0.25) is 5.91 Å². The van der Waals surface area contributed by atoms with Gasteiger partial charge in [0.25, 0.3) is 0 Å². The number of ether oxygens (including phenoxy) is 7. The Bertz CT molecular complexity index is 879. The lowest BCUT2D eigenvalue weighted by Gasteiger charge is -2.39. The Kier molecular flexibility index (Phi) is 19.8. The van der Waals surface area contributed by atoms with E-state index < -0.39 is 63.3 Å². The predicted molar refractivity (Wildman–Crippen MR) is 156 cm³/mol. The molecule has 15 nitrogen and oxygen atoms in total. The van der Waals surface area contributed by atoms with Crippen LogP contribution in [0.3, 0.4) is 0 Å². The first-order chi connectivity index (χ1) is 21.0. The molecule has 0 aromatic heterocycles. The highest BCUT2D eigenvalue weighted by Crippen LogP contribution is 2.41. The zero-order valence-corrected chi connectivity index (χ0v) is 27.9. The summed E-state index contributed by atoms with van der Waals surface area (Å²) in [5.41, 5.74) is 0. The summed E-state index contributed by atoms with van der Waals surface area (Å²) in [5.74, 6) is -2.01. The van der Waals surface area contributed by atoms with Crippen LogP contribution in [-0.2, 0) is 61.4 Å². The van der Waals surface area contributed by atoms with Crippen molar-refractivity contribution in [2.45, 2.75) is 110 Å². The van der Waals surface area contributed by atoms with E-state index in [0.717, 1.165) is 0 Å². The number of carbonyl (C=O) groups excluding carboxylic acids is 4. The molecule has 1 saturated heterocycles. The second-order valence-electron chi connectivity index (χ2n) is 10.0. The SMILES string of the molecule is CC.COCC1C[C@H](NC(=O)CCCCOC2CC(OC(C)=O)C(OC(C)=O)C(COC(C)=O)O2)C(OC)C1OP(O)OC. The maximum atomic E-state index is 12.7. The summed E-state index contributed by atoms with van der Waals surface area (Å²) < 4.78 is 48.8. The Morgan fingerprint density at radius 2 is 1.57 bits per heavy atom. The van der Waals surface area contributed by atoms with Crippen molar-refractivity contribution in [3.63, 3.8) is 0 Å². The van der Waals surface area contributed by atoms with Crippen LogP contribution in [0.4, 0.5) is 0 Å². The summed E-state index contributed by atoms with van der Waals surface area (Å²) in [6, 6.07) is -0.336. The van der Waals surface area contributed by atoms with Gasteiger partial charge < -0.3 is 52.4 Å². The normalized spacial score (nSPS) is 28.7. The van der Waals surface area contributed by atoms with Crippen molar-refractivity contribution < 1.29 is 66.3 Å². The molecule has 1 amide bonds. The van der Waals surface area contributed by atoms with Gasteiger partial charge in [-0.15, -0.1) is 0 Å². The van der Waals surface area contributed by atoms with Gasteiger partial charge in [0, 0.05) is 67.5 Å². The number of rotatable bonds is 17. The van der Waals surface area contributed by atoms with E-state index in [2.05, 4.69) is 5.32 Å². The van der Waals surface area contributed by atoms with Crippen LogP contribution in [0.25, 0.3) is 0 Å². The lowest BCUT2D eigenvalue weighted by atomic mass is 10.0. The Morgan fingerprint density at radius 1 is 0.886 bits per heavy atom. The van der Waals surface area contributed by atoms with Gasteiger partial charge in [0.1, 0.15) is 24.9 Å². The van der Waals surface area contributed by atoms with Crippen molar-refractivity contribution in [3.8, 4) is 0 Å². The second kappa shape index (κ2) is 21.7. The molecule has 2 fully saturated rings. The molecule has 16 heteroatoms. The van der Waals surface area contributed by atoms with E-state index in [1.807, 2.05) is 13.8 Å². The molecule has 0 aromatic carbocycles. The minimum atomic E-state index is -2.08. The first-order valence-electron chi connectivity index (χ1n) is 14.7. The molecule has 8 unspecified atom stereocenters. The molecule has 256 valence electrons. The molecule has 1 heterocycles. The third kappa shape index (κ3) is 14.0. The number of methoxy groups -OCH3 is 2. The summed E-state index contributed by atoms with van der Waals surface area (Å²) >= 11 is 0. The molecule has 0 radical (unpaired) electrons. The fourth-order valence-electron chi connectivity index (χ4n) is 5.09. The van der Waals surface area contributed by atoms with Gasteiger partial charge in [-0.1, -0.05) is 13.8 Å². The molecule has 2 rings (SSSR count). The van der Waals surface area contributed by atoms with Gasteiger partial charge in [-0.3, -0.25) is 19.2 Å². The molecule has 0 bridgehead atoms. The number of unbranched alkanes of at least 4 members (excludes halogenated alkanes) is 1. The largest absolute Gasteiger partial charge is 0.463 e. The quantitative estimate of drug-likeness (QED) is 0.101. The van der Waals surface area contributed by atoms with Gasteiger partial charge >= 0.3 is 26.5 Å². The summed E-state index contributed by atoms with van der Waals surface area (Å²) in [7, 11) is 2.35. The van der Waals surface area contributed by atoms with E-state index in [1.54, 1.807) is 7.11 Å². The van der Waals surface area contributed by atoms with E-state index >= 15 is 0 Å². The Labute approximate surface area is 260 Å². The Morgan fingerprint density at radius 3 is 2.14 bits per heavy atom. The van der Waals surface area contributed by atoms with Crippen molar-refractivity contribution in [3.05, 3.63) is 0 Å². The first-order valence-corrected chi connectivity index (χ1v) is 15.9. The number of hydrogen-bond donors (Lipinski definition) is 2. The highest BCUT2D eigenvalue weighted by molar-refractivity contribution is 7.40. The topological polar surface area (TPSA) is 184 Å². The molecule has 2 N–H and O–H groups in total. The van der Waals surface area contributed by atoms with E-state index in [4.69, 9.17) is 42.2 Å². The first kappa shape index (κ1) is 40.1. The molecule has 9 atom stereocenters. The smallest absolute Gasteiger partial charge is 0.329 e. The fraction of sp³-hybridized carbons (Fsp3) is 0.857. The van der Waals surface area contributed by atoms with Crippen LogP contribution < -0.4 is 5.32 Å². The standard InChI is InChI=1S/C26H44NO14P.C2H6/c1-15(28)37-14-21-26(39-17(3)30)20(38-16(2)29)12-23(40-21)36-10-8-7-9-22(31)27-19-11-18(13-33-4)24(25(19)34-5)41-42(32)35-6;1-2/h18-21,23-26,32H,7-14H2,1-6H3,(H,27,31);1-2H3/t18?,19-,20?,21?,23?,24?,25?,26?,42?;/m0./s1. The van der Waals surface area contributed by atoms with Gasteiger partial charge in [-0.05, 0) is 19.3 Å². The molecular weight excluding hydrogens is 605 g/mol. The predicted octanol–water partition coefficient (Wildman–Crippen LogP) is 2.16. The maximum Gasteiger partial charge on any atom is 0.329 e. The number of carbonyl (C=O) groups is 4. The molecule has 1 aliphatic carbocycles. The van der Waals surface area contributed by atoms with E-state index in [9.17, 15) is 24.1 Å². The molecule has 1 aliphatic heterocycles. The molecule has 2 aliphatic rings. The Hall–Kier alpha value is -1.97.